The lowest BCUT2D eigenvalue weighted by Gasteiger charge is -2.07. The molecule has 0 aliphatic heterocycles. The third kappa shape index (κ3) is 3.79. The Balaban J connectivity index is 2.10. The van der Waals surface area contributed by atoms with Gasteiger partial charge in [-0.2, -0.15) is 0 Å². The molecule has 2 rings (SSSR count). The van der Waals surface area contributed by atoms with Gasteiger partial charge in [0, 0.05) is 11.8 Å². The average molecular weight is 289 g/mol. The van der Waals surface area contributed by atoms with Crippen molar-refractivity contribution in [2.45, 2.75) is 6.42 Å². The number of hydrogen-bond donors (Lipinski definition) is 3. The molecule has 0 unspecified atom stereocenters. The number of nitrogens with one attached hydrogen (secondary N) is 1. The minimum absolute atomic E-state index is 0.0500. The number of carbonyl (C=O) groups is 2. The number of amides is 1. The highest BCUT2D eigenvalue weighted by Gasteiger charge is 2.12. The summed E-state index contributed by atoms with van der Waals surface area (Å²) in [6.07, 6.45) is -0.104. The molecule has 108 valence electrons. The third-order valence-corrected chi connectivity index (χ3v) is 2.77. The number of phenolic OH excluding ortho intramolecular Hbond substituents is 1. The number of benzene rings is 2. The number of halogens is 1. The van der Waals surface area contributed by atoms with Gasteiger partial charge in [0.2, 0.25) is 0 Å². The molecule has 2 aromatic rings. The summed E-state index contributed by atoms with van der Waals surface area (Å²) in [6, 6.07) is 9.37. The maximum Gasteiger partial charge on any atom is 0.307 e. The molecule has 0 aromatic heterocycles. The first kappa shape index (κ1) is 14.5. The number of aliphatic carboxylic acids is 1. The first-order chi connectivity index (χ1) is 9.95. The van der Waals surface area contributed by atoms with Crippen LogP contribution in [0.1, 0.15) is 15.9 Å². The molecule has 0 atom stereocenters. The van der Waals surface area contributed by atoms with Gasteiger partial charge in [0.05, 0.1) is 12.0 Å². The van der Waals surface area contributed by atoms with Gasteiger partial charge in [-0.1, -0.05) is 12.1 Å². The summed E-state index contributed by atoms with van der Waals surface area (Å²) < 4.78 is 12.8. The number of carbonyl (C=O) groups excluding carboxylic acids is 1. The van der Waals surface area contributed by atoms with Gasteiger partial charge in [-0.15, -0.1) is 0 Å². The van der Waals surface area contributed by atoms with E-state index < -0.39 is 23.4 Å². The number of anilines is 1. The minimum Gasteiger partial charge on any atom is -0.507 e. The third-order valence-electron chi connectivity index (χ3n) is 2.77. The zero-order chi connectivity index (χ0) is 15.4. The molecule has 0 radical (unpaired) electrons. The summed E-state index contributed by atoms with van der Waals surface area (Å²) in [5.41, 5.74) is 0.994. The van der Waals surface area contributed by atoms with Crippen LogP contribution in [0.5, 0.6) is 5.75 Å². The lowest BCUT2D eigenvalue weighted by atomic mass is 10.1. The highest BCUT2D eigenvalue weighted by molar-refractivity contribution is 6.06. The van der Waals surface area contributed by atoms with Crippen molar-refractivity contribution in [2.75, 3.05) is 5.32 Å². The number of phenols is 1. The van der Waals surface area contributed by atoms with E-state index in [1.807, 2.05) is 0 Å². The van der Waals surface area contributed by atoms with Crippen molar-refractivity contribution in [3.8, 4) is 5.75 Å². The summed E-state index contributed by atoms with van der Waals surface area (Å²) in [5.74, 6) is -2.61. The second kappa shape index (κ2) is 6.04. The highest BCUT2D eigenvalue weighted by atomic mass is 19.1. The number of hydrogen-bond acceptors (Lipinski definition) is 3. The fourth-order valence-electron chi connectivity index (χ4n) is 1.78. The van der Waals surface area contributed by atoms with E-state index in [-0.39, 0.29) is 12.0 Å². The normalized spacial score (nSPS) is 10.1. The zero-order valence-electron chi connectivity index (χ0n) is 10.8. The first-order valence-electron chi connectivity index (χ1n) is 6.06. The Bertz CT molecular complexity index is 683. The Labute approximate surface area is 119 Å². The summed E-state index contributed by atoms with van der Waals surface area (Å²) in [6.45, 7) is 0. The molecule has 0 aliphatic carbocycles. The molecule has 0 bridgehead atoms. The Morgan fingerprint density at radius 3 is 2.33 bits per heavy atom. The van der Waals surface area contributed by atoms with Crippen molar-refractivity contribution < 1.29 is 24.2 Å². The van der Waals surface area contributed by atoms with E-state index in [4.69, 9.17) is 5.11 Å². The second-order valence-corrected chi connectivity index (χ2v) is 4.38. The lowest BCUT2D eigenvalue weighted by Crippen LogP contribution is -2.12. The van der Waals surface area contributed by atoms with Gasteiger partial charge < -0.3 is 15.5 Å². The maximum absolute atomic E-state index is 12.8. The van der Waals surface area contributed by atoms with Gasteiger partial charge in [0.25, 0.3) is 5.91 Å². The van der Waals surface area contributed by atoms with Gasteiger partial charge in [-0.25, -0.2) is 4.39 Å². The molecular formula is C15H12FNO4. The van der Waals surface area contributed by atoms with Crippen molar-refractivity contribution in [1.82, 2.24) is 0 Å². The molecule has 6 heteroatoms. The molecule has 0 saturated carbocycles. The maximum atomic E-state index is 12.8. The van der Waals surface area contributed by atoms with Crippen molar-refractivity contribution in [1.29, 1.82) is 0 Å². The largest absolute Gasteiger partial charge is 0.507 e. The number of carboxylic acids is 1. The minimum atomic E-state index is -0.942. The van der Waals surface area contributed by atoms with Crippen LogP contribution in [0, 0.1) is 5.82 Å². The van der Waals surface area contributed by atoms with Gasteiger partial charge in [-0.3, -0.25) is 9.59 Å². The van der Waals surface area contributed by atoms with Crippen molar-refractivity contribution in [3.63, 3.8) is 0 Å². The molecular weight excluding hydrogens is 277 g/mol. The van der Waals surface area contributed by atoms with Crippen LogP contribution in [0.15, 0.2) is 42.5 Å². The van der Waals surface area contributed by atoms with E-state index in [9.17, 15) is 19.1 Å². The van der Waals surface area contributed by atoms with E-state index in [2.05, 4.69) is 5.32 Å². The summed E-state index contributed by atoms with van der Waals surface area (Å²) >= 11 is 0. The van der Waals surface area contributed by atoms with Crippen molar-refractivity contribution in [3.05, 3.63) is 59.4 Å². The molecule has 3 N–H and O–H groups in total. The van der Waals surface area contributed by atoms with Gasteiger partial charge in [0.15, 0.2) is 0 Å². The SMILES string of the molecule is O=C(O)Cc1ccc(NC(=O)c2ccc(F)cc2O)cc1. The molecule has 0 saturated heterocycles. The van der Waals surface area contributed by atoms with Gasteiger partial charge >= 0.3 is 5.97 Å². The topological polar surface area (TPSA) is 86.6 Å². The quantitative estimate of drug-likeness (QED) is 0.806. The second-order valence-electron chi connectivity index (χ2n) is 4.38. The van der Waals surface area contributed by atoms with Crippen LogP contribution in [0.2, 0.25) is 0 Å². The Morgan fingerprint density at radius 1 is 1.10 bits per heavy atom. The van der Waals surface area contributed by atoms with Gasteiger partial charge in [-0.05, 0) is 29.8 Å². The van der Waals surface area contributed by atoms with E-state index in [0.717, 1.165) is 12.1 Å². The lowest BCUT2D eigenvalue weighted by molar-refractivity contribution is -0.136. The van der Waals surface area contributed by atoms with Crippen LogP contribution in [0.25, 0.3) is 0 Å². The molecule has 2 aromatic carbocycles. The standard InChI is InChI=1S/C15H12FNO4/c16-10-3-6-12(13(18)8-10)15(21)17-11-4-1-9(2-5-11)7-14(19)20/h1-6,8,18H,7H2,(H,17,21)(H,19,20). The molecule has 5 nitrogen and oxygen atoms in total. The number of rotatable bonds is 4. The average Bonchev–Trinajstić information content (AvgIpc) is 2.40. The van der Waals surface area contributed by atoms with E-state index in [0.29, 0.717) is 11.3 Å². The smallest absolute Gasteiger partial charge is 0.307 e. The monoisotopic (exact) mass is 289 g/mol. The van der Waals surface area contributed by atoms with Crippen LogP contribution in [0.4, 0.5) is 10.1 Å². The first-order valence-corrected chi connectivity index (χ1v) is 6.06. The molecule has 0 fully saturated rings. The van der Waals surface area contributed by atoms with Crippen LogP contribution in [0.3, 0.4) is 0 Å². The van der Waals surface area contributed by atoms with Crippen LogP contribution < -0.4 is 5.32 Å². The Morgan fingerprint density at radius 2 is 1.76 bits per heavy atom. The van der Waals surface area contributed by atoms with Crippen molar-refractivity contribution in [2.24, 2.45) is 0 Å². The fraction of sp³-hybridized carbons (Fsp3) is 0.0667. The fourth-order valence-corrected chi connectivity index (χ4v) is 1.78. The van der Waals surface area contributed by atoms with Crippen LogP contribution in [-0.4, -0.2) is 22.1 Å². The van der Waals surface area contributed by atoms with E-state index >= 15 is 0 Å². The Hall–Kier alpha value is -2.89. The summed E-state index contributed by atoms with van der Waals surface area (Å²) in [5, 5.41) is 20.7. The van der Waals surface area contributed by atoms with Crippen LogP contribution >= 0.6 is 0 Å². The van der Waals surface area contributed by atoms with E-state index in [1.165, 1.54) is 6.07 Å². The Kier molecular flexibility index (Phi) is 4.18. The molecule has 0 spiro atoms. The zero-order valence-corrected chi connectivity index (χ0v) is 10.8. The summed E-state index contributed by atoms with van der Waals surface area (Å²) in [7, 11) is 0. The molecule has 0 heterocycles. The number of aromatic hydroxyl groups is 1. The summed E-state index contributed by atoms with van der Waals surface area (Å²) in [4.78, 5) is 22.5. The predicted octanol–water partition coefficient (Wildman–Crippen LogP) is 2.41. The van der Waals surface area contributed by atoms with Crippen molar-refractivity contribution >= 4 is 17.6 Å². The number of carboxylic acid groups (broad SMARTS) is 1. The highest BCUT2D eigenvalue weighted by Crippen LogP contribution is 2.20. The molecule has 21 heavy (non-hydrogen) atoms. The van der Waals surface area contributed by atoms with E-state index in [1.54, 1.807) is 24.3 Å². The van der Waals surface area contributed by atoms with Gasteiger partial charge in [0.1, 0.15) is 11.6 Å². The predicted molar refractivity (Wildman–Crippen MR) is 73.8 cm³/mol. The van der Waals surface area contributed by atoms with Crippen LogP contribution in [-0.2, 0) is 11.2 Å². The molecule has 1 amide bonds. The molecule has 0 aliphatic rings.